The smallest absolute Gasteiger partial charge is 0.0462 e. The number of thioether (sulfide) groups is 1. The van der Waals surface area contributed by atoms with E-state index < -0.39 is 0 Å². The maximum Gasteiger partial charge on any atom is 0.0462 e. The average Bonchev–Trinajstić information content (AvgIpc) is 2.18. The van der Waals surface area contributed by atoms with Crippen LogP contribution in [0.5, 0.6) is 0 Å². The molecule has 14 heavy (non-hydrogen) atoms. The van der Waals surface area contributed by atoms with Gasteiger partial charge in [-0.15, -0.1) is 11.8 Å². The molecule has 0 saturated carbocycles. The van der Waals surface area contributed by atoms with Gasteiger partial charge >= 0.3 is 0 Å². The monoisotopic (exact) mass is 229 g/mol. The summed E-state index contributed by atoms with van der Waals surface area (Å²) in [6, 6.07) is 6.11. The molecule has 1 aromatic carbocycles. The van der Waals surface area contributed by atoms with Gasteiger partial charge in [0.15, 0.2) is 0 Å². The van der Waals surface area contributed by atoms with E-state index >= 15 is 0 Å². The van der Waals surface area contributed by atoms with E-state index in [0.717, 1.165) is 16.3 Å². The van der Waals surface area contributed by atoms with Crippen molar-refractivity contribution in [2.24, 2.45) is 5.73 Å². The summed E-state index contributed by atoms with van der Waals surface area (Å²) in [5.74, 6) is 1.16. The molecule has 1 rings (SSSR count). The molecule has 0 aromatic heterocycles. The molecule has 0 heterocycles. The lowest BCUT2D eigenvalue weighted by Crippen LogP contribution is -1.96. The van der Waals surface area contributed by atoms with E-state index in [9.17, 15) is 0 Å². The van der Waals surface area contributed by atoms with Crippen LogP contribution in [-0.2, 0) is 6.54 Å². The van der Waals surface area contributed by atoms with Crippen molar-refractivity contribution in [2.45, 2.75) is 31.2 Å². The molecular formula is C11H16ClNS. The maximum atomic E-state index is 6.05. The Hall–Kier alpha value is -0.180. The highest BCUT2D eigenvalue weighted by Gasteiger charge is 2.00. The minimum atomic E-state index is 0.513. The van der Waals surface area contributed by atoms with E-state index in [1.807, 2.05) is 23.9 Å². The molecule has 3 heteroatoms. The van der Waals surface area contributed by atoms with Gasteiger partial charge in [-0.3, -0.25) is 0 Å². The van der Waals surface area contributed by atoms with Crippen LogP contribution in [0, 0.1) is 0 Å². The van der Waals surface area contributed by atoms with E-state index in [1.54, 1.807) is 0 Å². The van der Waals surface area contributed by atoms with Crippen LogP contribution >= 0.6 is 23.4 Å². The third-order valence-corrected chi connectivity index (χ3v) is 3.44. The molecule has 0 radical (unpaired) electrons. The molecule has 0 unspecified atom stereocenters. The standard InChI is InChI=1S/C11H16ClNS/c1-2-3-6-14-10-5-4-9(8-13)11(12)7-10/h4-5,7H,2-3,6,8,13H2,1H3. The Morgan fingerprint density at radius 2 is 2.21 bits per heavy atom. The molecule has 0 aliphatic rings. The van der Waals surface area contributed by atoms with Gasteiger partial charge in [-0.25, -0.2) is 0 Å². The van der Waals surface area contributed by atoms with Crippen LogP contribution in [0.4, 0.5) is 0 Å². The number of hydrogen-bond acceptors (Lipinski definition) is 2. The first-order valence-electron chi connectivity index (χ1n) is 4.89. The molecule has 0 bridgehead atoms. The predicted octanol–water partition coefficient (Wildman–Crippen LogP) is 3.69. The normalized spacial score (nSPS) is 10.5. The quantitative estimate of drug-likeness (QED) is 0.616. The van der Waals surface area contributed by atoms with E-state index in [0.29, 0.717) is 6.54 Å². The average molecular weight is 230 g/mol. The predicted molar refractivity (Wildman–Crippen MR) is 65.0 cm³/mol. The van der Waals surface area contributed by atoms with E-state index in [-0.39, 0.29) is 0 Å². The van der Waals surface area contributed by atoms with Crippen molar-refractivity contribution in [3.63, 3.8) is 0 Å². The molecule has 0 aliphatic heterocycles. The van der Waals surface area contributed by atoms with Crippen LogP contribution < -0.4 is 5.73 Å². The van der Waals surface area contributed by atoms with Crippen LogP contribution in [0.25, 0.3) is 0 Å². The first-order chi connectivity index (χ1) is 6.77. The van der Waals surface area contributed by atoms with E-state index in [1.165, 1.54) is 17.7 Å². The van der Waals surface area contributed by atoms with Crippen LogP contribution in [0.1, 0.15) is 25.3 Å². The summed E-state index contributed by atoms with van der Waals surface area (Å²) in [6.45, 7) is 2.71. The van der Waals surface area contributed by atoms with Gasteiger partial charge in [0, 0.05) is 16.5 Å². The van der Waals surface area contributed by atoms with Crippen LogP contribution in [0.15, 0.2) is 23.1 Å². The number of rotatable bonds is 5. The van der Waals surface area contributed by atoms with Crippen molar-refractivity contribution in [1.29, 1.82) is 0 Å². The van der Waals surface area contributed by atoms with Crippen molar-refractivity contribution in [2.75, 3.05) is 5.75 Å². The number of unbranched alkanes of at least 4 members (excludes halogenated alkanes) is 1. The minimum Gasteiger partial charge on any atom is -0.326 e. The lowest BCUT2D eigenvalue weighted by atomic mass is 10.2. The molecule has 0 fully saturated rings. The summed E-state index contributed by atoms with van der Waals surface area (Å²) >= 11 is 7.90. The summed E-state index contributed by atoms with van der Waals surface area (Å²) in [6.07, 6.45) is 2.49. The summed E-state index contributed by atoms with van der Waals surface area (Å²) in [4.78, 5) is 1.24. The zero-order valence-electron chi connectivity index (χ0n) is 8.42. The van der Waals surface area contributed by atoms with Gasteiger partial charge in [0.2, 0.25) is 0 Å². The Balaban J connectivity index is 2.57. The number of benzene rings is 1. The van der Waals surface area contributed by atoms with Crippen molar-refractivity contribution < 1.29 is 0 Å². The maximum absolute atomic E-state index is 6.05. The van der Waals surface area contributed by atoms with Gasteiger partial charge in [-0.05, 0) is 29.9 Å². The number of halogens is 1. The first kappa shape index (κ1) is 11.9. The Labute approximate surface area is 95.0 Å². The third kappa shape index (κ3) is 3.52. The second-order valence-electron chi connectivity index (χ2n) is 3.16. The Morgan fingerprint density at radius 3 is 2.79 bits per heavy atom. The largest absolute Gasteiger partial charge is 0.326 e. The molecule has 2 N–H and O–H groups in total. The molecular weight excluding hydrogens is 214 g/mol. The van der Waals surface area contributed by atoms with Gasteiger partial charge in [0.25, 0.3) is 0 Å². The fourth-order valence-corrected chi connectivity index (χ4v) is 2.47. The molecule has 0 saturated heterocycles. The van der Waals surface area contributed by atoms with Crippen LogP contribution in [0.3, 0.4) is 0 Å². The second-order valence-corrected chi connectivity index (χ2v) is 4.73. The molecule has 0 spiro atoms. The third-order valence-electron chi connectivity index (χ3n) is 2.01. The zero-order chi connectivity index (χ0) is 10.4. The van der Waals surface area contributed by atoms with Crippen LogP contribution in [0.2, 0.25) is 5.02 Å². The van der Waals surface area contributed by atoms with Crippen molar-refractivity contribution in [3.05, 3.63) is 28.8 Å². The van der Waals surface area contributed by atoms with Gasteiger partial charge in [-0.1, -0.05) is 31.0 Å². The lowest BCUT2D eigenvalue weighted by molar-refractivity contribution is 0.896. The fourth-order valence-electron chi connectivity index (χ4n) is 1.12. The van der Waals surface area contributed by atoms with Crippen molar-refractivity contribution in [3.8, 4) is 0 Å². The molecule has 0 amide bonds. The topological polar surface area (TPSA) is 26.0 Å². The number of nitrogens with two attached hydrogens (primary N) is 1. The number of hydrogen-bond donors (Lipinski definition) is 1. The summed E-state index contributed by atoms with van der Waals surface area (Å²) in [5.41, 5.74) is 6.55. The van der Waals surface area contributed by atoms with Crippen molar-refractivity contribution in [1.82, 2.24) is 0 Å². The second kappa shape index (κ2) is 6.33. The molecule has 1 nitrogen and oxygen atoms in total. The zero-order valence-corrected chi connectivity index (χ0v) is 10.00. The first-order valence-corrected chi connectivity index (χ1v) is 6.25. The minimum absolute atomic E-state index is 0.513. The fraction of sp³-hybridized carbons (Fsp3) is 0.455. The molecule has 1 aromatic rings. The highest BCUT2D eigenvalue weighted by atomic mass is 35.5. The van der Waals surface area contributed by atoms with Gasteiger partial charge < -0.3 is 5.73 Å². The Bertz CT molecular complexity index is 289. The lowest BCUT2D eigenvalue weighted by Gasteiger charge is -2.04. The Morgan fingerprint density at radius 1 is 1.43 bits per heavy atom. The molecule has 78 valence electrons. The SMILES string of the molecule is CCCCSc1ccc(CN)c(Cl)c1. The summed E-state index contributed by atoms with van der Waals surface area (Å²) in [5, 5.41) is 0.786. The van der Waals surface area contributed by atoms with Gasteiger partial charge in [0.05, 0.1) is 0 Å². The highest BCUT2D eigenvalue weighted by molar-refractivity contribution is 7.99. The van der Waals surface area contributed by atoms with Gasteiger partial charge in [-0.2, -0.15) is 0 Å². The molecule has 0 atom stereocenters. The van der Waals surface area contributed by atoms with E-state index in [2.05, 4.69) is 13.0 Å². The summed E-state index contributed by atoms with van der Waals surface area (Å²) < 4.78 is 0. The summed E-state index contributed by atoms with van der Waals surface area (Å²) in [7, 11) is 0. The van der Waals surface area contributed by atoms with Crippen LogP contribution in [-0.4, -0.2) is 5.75 Å². The van der Waals surface area contributed by atoms with E-state index in [4.69, 9.17) is 17.3 Å². The highest BCUT2D eigenvalue weighted by Crippen LogP contribution is 2.25. The Kier molecular flexibility index (Phi) is 5.38. The van der Waals surface area contributed by atoms with Crippen molar-refractivity contribution >= 4 is 23.4 Å². The van der Waals surface area contributed by atoms with Gasteiger partial charge in [0.1, 0.15) is 0 Å². The molecule has 0 aliphatic carbocycles.